The number of amides is 2. The molecule has 0 aliphatic carbocycles. The van der Waals surface area contributed by atoms with Gasteiger partial charge in [-0.25, -0.2) is 14.8 Å². The number of aromatic nitrogens is 2. The number of hydrogen-bond acceptors (Lipinski definition) is 7. The molecule has 1 N–H and O–H groups in total. The molecule has 0 radical (unpaired) electrons. The highest BCUT2D eigenvalue weighted by atomic mass is 19.4. The molecule has 1 aromatic heterocycles. The van der Waals surface area contributed by atoms with Crippen molar-refractivity contribution in [2.45, 2.75) is 45.1 Å². The number of fused-ring (bicyclic) bond motifs is 1. The van der Waals surface area contributed by atoms with E-state index in [-0.39, 0.29) is 18.4 Å². The molecular formula is C32H31F3N4O5. The van der Waals surface area contributed by atoms with E-state index in [2.05, 4.69) is 15.3 Å². The lowest BCUT2D eigenvalue weighted by molar-refractivity contribution is -0.137. The van der Waals surface area contributed by atoms with Gasteiger partial charge in [0.2, 0.25) is 5.91 Å². The number of carbonyl (C=O) groups excluding carboxylic acids is 2. The van der Waals surface area contributed by atoms with Gasteiger partial charge in [0.1, 0.15) is 18.0 Å². The molecule has 1 saturated heterocycles. The smallest absolute Gasteiger partial charge is 0.416 e. The number of likely N-dealkylation sites (tertiary alicyclic amines) is 1. The lowest BCUT2D eigenvalue weighted by Crippen LogP contribution is -2.57. The topological polar surface area (TPSA) is 103 Å². The fraction of sp³-hybridized carbons (Fsp3) is 0.312. The van der Waals surface area contributed by atoms with E-state index in [1.54, 1.807) is 41.3 Å². The van der Waals surface area contributed by atoms with Crippen LogP contribution in [0, 0.1) is 0 Å². The van der Waals surface area contributed by atoms with Gasteiger partial charge in [0.15, 0.2) is 11.5 Å². The van der Waals surface area contributed by atoms with Gasteiger partial charge in [-0.3, -0.25) is 4.79 Å². The lowest BCUT2D eigenvalue weighted by atomic mass is 10.0. The standard InChI is InChI=1S/C32H31F3N4O5/c1-31(2,3)44-30(41)39-16-23(17-39)43-27-14-24-25(15-26(27)42-4)36-18-37-29(24)20-7-11-22(12-8-20)38-28(40)13-19-5-9-21(10-6-19)32(33,34)35/h5-12,14-15,18,23H,13,16-17H2,1-4H3,(H,38,40). The van der Waals surface area contributed by atoms with Crippen LogP contribution in [0.2, 0.25) is 0 Å². The van der Waals surface area contributed by atoms with Gasteiger partial charge in [0.05, 0.1) is 43.4 Å². The van der Waals surface area contributed by atoms with Crippen molar-refractivity contribution >= 4 is 28.6 Å². The zero-order valence-electron chi connectivity index (χ0n) is 24.6. The summed E-state index contributed by atoms with van der Waals surface area (Å²) in [5.74, 6) is 0.612. The van der Waals surface area contributed by atoms with Crippen LogP contribution in [-0.4, -0.2) is 58.8 Å². The minimum absolute atomic E-state index is 0.0719. The summed E-state index contributed by atoms with van der Waals surface area (Å²) in [5, 5.41) is 3.48. The summed E-state index contributed by atoms with van der Waals surface area (Å²) in [6.07, 6.45) is -3.69. The minimum atomic E-state index is -4.43. The zero-order valence-corrected chi connectivity index (χ0v) is 24.6. The number of carbonyl (C=O) groups is 2. The van der Waals surface area contributed by atoms with Gasteiger partial charge in [0.25, 0.3) is 0 Å². The second kappa shape index (κ2) is 12.0. The second-order valence-corrected chi connectivity index (χ2v) is 11.4. The molecule has 0 saturated carbocycles. The van der Waals surface area contributed by atoms with Gasteiger partial charge in [-0.2, -0.15) is 13.2 Å². The Bertz CT molecular complexity index is 1660. The highest BCUT2D eigenvalue weighted by Gasteiger charge is 2.36. The summed E-state index contributed by atoms with van der Waals surface area (Å²) in [6.45, 7) is 6.19. The first-order valence-corrected chi connectivity index (χ1v) is 13.8. The molecule has 0 atom stereocenters. The second-order valence-electron chi connectivity index (χ2n) is 11.4. The number of anilines is 1. The molecule has 0 unspecified atom stereocenters. The molecule has 2 heterocycles. The Balaban J connectivity index is 1.28. The fourth-order valence-corrected chi connectivity index (χ4v) is 4.63. The van der Waals surface area contributed by atoms with Gasteiger partial charge in [-0.1, -0.05) is 24.3 Å². The van der Waals surface area contributed by atoms with E-state index in [4.69, 9.17) is 14.2 Å². The number of nitrogens with one attached hydrogen (secondary N) is 1. The van der Waals surface area contributed by atoms with Crippen molar-refractivity contribution in [1.29, 1.82) is 0 Å². The first-order valence-electron chi connectivity index (χ1n) is 13.8. The third-order valence-electron chi connectivity index (χ3n) is 6.80. The average Bonchev–Trinajstić information content (AvgIpc) is 2.93. The van der Waals surface area contributed by atoms with Crippen LogP contribution in [0.5, 0.6) is 11.5 Å². The van der Waals surface area contributed by atoms with Gasteiger partial charge < -0.3 is 24.4 Å². The van der Waals surface area contributed by atoms with Crippen LogP contribution in [0.1, 0.15) is 31.9 Å². The van der Waals surface area contributed by atoms with Crippen molar-refractivity contribution in [2.75, 3.05) is 25.5 Å². The summed E-state index contributed by atoms with van der Waals surface area (Å²) in [7, 11) is 1.54. The maximum absolute atomic E-state index is 12.8. The highest BCUT2D eigenvalue weighted by Crippen LogP contribution is 2.37. The van der Waals surface area contributed by atoms with E-state index in [1.165, 1.54) is 25.6 Å². The molecule has 4 aromatic rings. The maximum Gasteiger partial charge on any atom is 0.416 e. The number of nitrogens with zero attached hydrogens (tertiary/aromatic N) is 3. The molecule has 1 fully saturated rings. The van der Waals surface area contributed by atoms with Crippen LogP contribution in [-0.2, 0) is 22.1 Å². The molecule has 0 bridgehead atoms. The Kier molecular flexibility index (Phi) is 8.36. The van der Waals surface area contributed by atoms with Gasteiger partial charge >= 0.3 is 12.3 Å². The summed E-state index contributed by atoms with van der Waals surface area (Å²) < 4.78 is 55.5. The number of benzene rings is 3. The molecule has 44 heavy (non-hydrogen) atoms. The quantitative estimate of drug-likeness (QED) is 0.255. The van der Waals surface area contributed by atoms with Crippen molar-refractivity contribution in [3.8, 4) is 22.8 Å². The number of rotatable bonds is 7. The third kappa shape index (κ3) is 7.19. The van der Waals surface area contributed by atoms with E-state index < -0.39 is 23.4 Å². The van der Waals surface area contributed by atoms with Crippen LogP contribution in [0.3, 0.4) is 0 Å². The Hall–Kier alpha value is -4.87. The molecule has 3 aromatic carbocycles. The summed E-state index contributed by atoms with van der Waals surface area (Å²) in [6, 6.07) is 15.1. The van der Waals surface area contributed by atoms with Gasteiger partial charge in [0, 0.05) is 22.7 Å². The van der Waals surface area contributed by atoms with E-state index >= 15 is 0 Å². The molecule has 5 rings (SSSR count). The van der Waals surface area contributed by atoms with E-state index in [1.807, 2.05) is 20.8 Å². The summed E-state index contributed by atoms with van der Waals surface area (Å²) in [5.41, 5.74) is 1.67. The van der Waals surface area contributed by atoms with E-state index in [0.29, 0.717) is 52.4 Å². The van der Waals surface area contributed by atoms with Crippen molar-refractivity contribution in [3.63, 3.8) is 0 Å². The first-order chi connectivity index (χ1) is 20.8. The predicted molar refractivity (Wildman–Crippen MR) is 158 cm³/mol. The monoisotopic (exact) mass is 608 g/mol. The van der Waals surface area contributed by atoms with Crippen molar-refractivity contribution < 1.29 is 37.0 Å². The maximum atomic E-state index is 12.8. The van der Waals surface area contributed by atoms with Crippen LogP contribution >= 0.6 is 0 Å². The van der Waals surface area contributed by atoms with Crippen LogP contribution in [0.4, 0.5) is 23.7 Å². The molecule has 0 spiro atoms. The van der Waals surface area contributed by atoms with Crippen LogP contribution in [0.25, 0.3) is 22.2 Å². The molecule has 9 nitrogen and oxygen atoms in total. The normalized spacial score (nSPS) is 13.8. The Labute approximate surface area is 252 Å². The first kappa shape index (κ1) is 30.6. The minimum Gasteiger partial charge on any atom is -0.493 e. The molecule has 1 aliphatic heterocycles. The summed E-state index contributed by atoms with van der Waals surface area (Å²) in [4.78, 5) is 35.2. The molecule has 12 heteroatoms. The van der Waals surface area contributed by atoms with E-state index in [9.17, 15) is 22.8 Å². The number of halogens is 3. The molecular weight excluding hydrogens is 577 g/mol. The number of alkyl halides is 3. The fourth-order valence-electron chi connectivity index (χ4n) is 4.63. The van der Waals surface area contributed by atoms with Crippen LogP contribution < -0.4 is 14.8 Å². The van der Waals surface area contributed by atoms with Crippen molar-refractivity contribution in [2.24, 2.45) is 0 Å². The van der Waals surface area contributed by atoms with Crippen molar-refractivity contribution in [3.05, 3.63) is 78.1 Å². The zero-order chi connectivity index (χ0) is 31.6. The molecule has 230 valence electrons. The average molecular weight is 609 g/mol. The van der Waals surface area contributed by atoms with E-state index in [0.717, 1.165) is 17.7 Å². The third-order valence-corrected chi connectivity index (χ3v) is 6.80. The van der Waals surface area contributed by atoms with Crippen LogP contribution in [0.15, 0.2) is 67.0 Å². The number of ether oxygens (including phenoxy) is 3. The molecule has 2 amide bonds. The Morgan fingerprint density at radius 3 is 2.25 bits per heavy atom. The predicted octanol–water partition coefficient (Wildman–Crippen LogP) is 6.50. The summed E-state index contributed by atoms with van der Waals surface area (Å²) >= 11 is 0. The lowest BCUT2D eigenvalue weighted by Gasteiger charge is -2.39. The SMILES string of the molecule is COc1cc2ncnc(-c3ccc(NC(=O)Cc4ccc(C(F)(F)F)cc4)cc3)c2cc1OC1CN(C(=O)OC(C)(C)C)C1. The van der Waals surface area contributed by atoms with Gasteiger partial charge in [-0.15, -0.1) is 0 Å². The van der Waals surface area contributed by atoms with Crippen molar-refractivity contribution in [1.82, 2.24) is 14.9 Å². The largest absolute Gasteiger partial charge is 0.493 e. The Morgan fingerprint density at radius 1 is 0.955 bits per heavy atom. The highest BCUT2D eigenvalue weighted by molar-refractivity contribution is 5.95. The molecule has 1 aliphatic rings. The number of methoxy groups -OCH3 is 1. The number of hydrogen-bond donors (Lipinski definition) is 1. The Morgan fingerprint density at radius 2 is 1.64 bits per heavy atom. The van der Waals surface area contributed by atoms with Gasteiger partial charge in [-0.05, 0) is 56.7 Å².